The molecular formula is C26H27N3O3. The highest BCUT2D eigenvalue weighted by Gasteiger charge is 2.45. The number of hydrogen-bond donors (Lipinski definition) is 1. The molecule has 6 nitrogen and oxygen atoms in total. The summed E-state index contributed by atoms with van der Waals surface area (Å²) in [6.45, 7) is 0.846. The topological polar surface area (TPSA) is 85.5 Å². The van der Waals surface area contributed by atoms with Crippen LogP contribution < -0.4 is 10.5 Å². The van der Waals surface area contributed by atoms with Crippen molar-refractivity contribution in [1.82, 2.24) is 9.88 Å². The van der Waals surface area contributed by atoms with Gasteiger partial charge < -0.3 is 15.4 Å². The van der Waals surface area contributed by atoms with Crippen LogP contribution in [0.25, 0.3) is 11.1 Å². The number of amides is 2. The second-order valence-electron chi connectivity index (χ2n) is 8.31. The van der Waals surface area contributed by atoms with Crippen LogP contribution in [0, 0.1) is 5.41 Å². The first-order chi connectivity index (χ1) is 15.5. The van der Waals surface area contributed by atoms with E-state index in [9.17, 15) is 9.59 Å². The summed E-state index contributed by atoms with van der Waals surface area (Å²) in [6, 6.07) is 19.4. The van der Waals surface area contributed by atoms with E-state index >= 15 is 0 Å². The Balaban J connectivity index is 1.54. The van der Waals surface area contributed by atoms with Crippen LogP contribution in [0.15, 0.2) is 73.1 Å². The Bertz CT molecular complexity index is 1120. The highest BCUT2D eigenvalue weighted by Crippen LogP contribution is 2.37. The molecule has 1 aliphatic heterocycles. The fourth-order valence-corrected chi connectivity index (χ4v) is 4.44. The summed E-state index contributed by atoms with van der Waals surface area (Å²) in [5.41, 5.74) is 9.15. The molecule has 1 atom stereocenters. The van der Waals surface area contributed by atoms with Gasteiger partial charge in [-0.2, -0.15) is 0 Å². The first kappa shape index (κ1) is 21.6. The monoisotopic (exact) mass is 429 g/mol. The molecule has 1 aromatic heterocycles. The first-order valence-corrected chi connectivity index (χ1v) is 10.7. The number of likely N-dealkylation sites (tertiary alicyclic amines) is 1. The molecule has 4 rings (SSSR count). The third-order valence-electron chi connectivity index (χ3n) is 6.26. The van der Waals surface area contributed by atoms with Gasteiger partial charge in [0.2, 0.25) is 11.8 Å². The number of benzene rings is 2. The number of nitrogens with two attached hydrogens (primary N) is 1. The SMILES string of the molecule is COc1cccc(CC(=O)N2CCC(Cc3ccccc3-c3ccncc3)(C(N)=O)C2)c1. The molecule has 3 aromatic rings. The maximum atomic E-state index is 13.0. The van der Waals surface area contributed by atoms with Gasteiger partial charge in [0.05, 0.1) is 18.9 Å². The summed E-state index contributed by atoms with van der Waals surface area (Å²) in [6.07, 6.45) is 4.81. The average molecular weight is 430 g/mol. The lowest BCUT2D eigenvalue weighted by molar-refractivity contribution is -0.131. The van der Waals surface area contributed by atoms with Crippen molar-refractivity contribution >= 4 is 11.8 Å². The van der Waals surface area contributed by atoms with Gasteiger partial charge in [0.25, 0.3) is 0 Å². The Morgan fingerprint density at radius 2 is 1.88 bits per heavy atom. The minimum atomic E-state index is -0.785. The van der Waals surface area contributed by atoms with E-state index in [4.69, 9.17) is 10.5 Å². The van der Waals surface area contributed by atoms with Crippen LogP contribution in [0.1, 0.15) is 17.5 Å². The van der Waals surface area contributed by atoms with E-state index < -0.39 is 5.41 Å². The smallest absolute Gasteiger partial charge is 0.227 e. The Morgan fingerprint density at radius 3 is 2.62 bits per heavy atom. The highest BCUT2D eigenvalue weighted by atomic mass is 16.5. The highest BCUT2D eigenvalue weighted by molar-refractivity contribution is 5.85. The Hall–Kier alpha value is -3.67. The number of hydrogen-bond acceptors (Lipinski definition) is 4. The summed E-state index contributed by atoms with van der Waals surface area (Å²) in [5, 5.41) is 0. The Morgan fingerprint density at radius 1 is 1.09 bits per heavy atom. The third kappa shape index (κ3) is 4.49. The summed E-state index contributed by atoms with van der Waals surface area (Å²) in [4.78, 5) is 31.5. The van der Waals surface area contributed by atoms with Crippen molar-refractivity contribution in [3.63, 3.8) is 0 Å². The van der Waals surface area contributed by atoms with Gasteiger partial charge in [-0.1, -0.05) is 36.4 Å². The minimum Gasteiger partial charge on any atom is -0.497 e. The van der Waals surface area contributed by atoms with Gasteiger partial charge in [0, 0.05) is 25.5 Å². The normalized spacial score (nSPS) is 17.8. The lowest BCUT2D eigenvalue weighted by atomic mass is 9.78. The molecule has 0 bridgehead atoms. The van der Waals surface area contributed by atoms with Crippen molar-refractivity contribution in [2.24, 2.45) is 11.1 Å². The van der Waals surface area contributed by atoms with Gasteiger partial charge >= 0.3 is 0 Å². The zero-order chi connectivity index (χ0) is 22.6. The number of ether oxygens (including phenoxy) is 1. The zero-order valence-corrected chi connectivity index (χ0v) is 18.2. The van der Waals surface area contributed by atoms with Crippen LogP contribution >= 0.6 is 0 Å². The predicted octanol–water partition coefficient (Wildman–Crippen LogP) is 3.25. The molecule has 164 valence electrons. The molecule has 0 saturated carbocycles. The predicted molar refractivity (Wildman–Crippen MR) is 123 cm³/mol. The maximum Gasteiger partial charge on any atom is 0.227 e. The van der Waals surface area contributed by atoms with E-state index in [1.165, 1.54) is 0 Å². The molecule has 0 spiro atoms. The average Bonchev–Trinajstić information content (AvgIpc) is 3.26. The van der Waals surface area contributed by atoms with E-state index in [1.54, 1.807) is 24.4 Å². The number of nitrogens with zero attached hydrogens (tertiary/aromatic N) is 2. The second kappa shape index (κ2) is 9.22. The summed E-state index contributed by atoms with van der Waals surface area (Å²) in [7, 11) is 1.60. The van der Waals surface area contributed by atoms with Crippen LogP contribution in [-0.4, -0.2) is 41.9 Å². The molecule has 2 amide bonds. The van der Waals surface area contributed by atoms with Crippen molar-refractivity contribution in [3.8, 4) is 16.9 Å². The number of rotatable bonds is 7. The van der Waals surface area contributed by atoms with Crippen LogP contribution in [0.4, 0.5) is 0 Å². The first-order valence-electron chi connectivity index (χ1n) is 10.7. The van der Waals surface area contributed by atoms with E-state index in [-0.39, 0.29) is 18.2 Å². The molecule has 0 radical (unpaired) electrons. The lowest BCUT2D eigenvalue weighted by Gasteiger charge is -2.27. The van der Waals surface area contributed by atoms with Crippen LogP contribution in [0.3, 0.4) is 0 Å². The summed E-state index contributed by atoms with van der Waals surface area (Å²) in [5.74, 6) is 0.346. The molecule has 1 unspecified atom stereocenters. The molecule has 0 aliphatic carbocycles. The molecule has 6 heteroatoms. The van der Waals surface area contributed by atoms with Crippen LogP contribution in [0.2, 0.25) is 0 Å². The Labute approximate surface area is 188 Å². The summed E-state index contributed by atoms with van der Waals surface area (Å²) < 4.78 is 5.25. The molecule has 2 N–H and O–H groups in total. The van der Waals surface area contributed by atoms with E-state index in [0.29, 0.717) is 25.9 Å². The van der Waals surface area contributed by atoms with Gasteiger partial charge in [0.1, 0.15) is 5.75 Å². The van der Waals surface area contributed by atoms with Crippen molar-refractivity contribution < 1.29 is 14.3 Å². The van der Waals surface area contributed by atoms with Crippen molar-refractivity contribution in [2.75, 3.05) is 20.2 Å². The van der Waals surface area contributed by atoms with Gasteiger partial charge in [-0.15, -0.1) is 0 Å². The number of pyridine rings is 1. The molecule has 1 fully saturated rings. The molecule has 1 saturated heterocycles. The molecule has 32 heavy (non-hydrogen) atoms. The third-order valence-corrected chi connectivity index (χ3v) is 6.26. The largest absolute Gasteiger partial charge is 0.497 e. The number of carbonyl (C=O) groups is 2. The molecule has 2 heterocycles. The van der Waals surface area contributed by atoms with Gasteiger partial charge in [-0.05, 0) is 59.4 Å². The van der Waals surface area contributed by atoms with E-state index in [1.807, 2.05) is 60.7 Å². The standard InChI is InChI=1S/C26H27N3O3/c1-32-22-7-4-5-19(15-22)16-24(30)29-14-11-26(18-29,25(27)31)17-21-6-2-3-8-23(21)20-9-12-28-13-10-20/h2-10,12-13,15H,11,14,16-18H2,1H3,(H2,27,31). The maximum absolute atomic E-state index is 13.0. The van der Waals surface area contributed by atoms with Gasteiger partial charge in [0.15, 0.2) is 0 Å². The fraction of sp³-hybridized carbons (Fsp3) is 0.269. The number of primary amides is 1. The van der Waals surface area contributed by atoms with Crippen LogP contribution in [0.5, 0.6) is 5.75 Å². The molecule has 1 aliphatic rings. The molecular weight excluding hydrogens is 402 g/mol. The Kier molecular flexibility index (Phi) is 6.21. The minimum absolute atomic E-state index is 0.0104. The lowest BCUT2D eigenvalue weighted by Crippen LogP contribution is -2.42. The van der Waals surface area contributed by atoms with Gasteiger partial charge in [-0.25, -0.2) is 0 Å². The second-order valence-corrected chi connectivity index (χ2v) is 8.31. The molecule has 2 aromatic carbocycles. The fourth-order valence-electron chi connectivity index (χ4n) is 4.44. The van der Waals surface area contributed by atoms with E-state index in [2.05, 4.69) is 4.98 Å². The quantitative estimate of drug-likeness (QED) is 0.625. The van der Waals surface area contributed by atoms with Gasteiger partial charge in [-0.3, -0.25) is 14.6 Å². The van der Waals surface area contributed by atoms with Crippen molar-refractivity contribution in [3.05, 3.63) is 84.2 Å². The van der Waals surface area contributed by atoms with E-state index in [0.717, 1.165) is 28.0 Å². The number of aromatic nitrogens is 1. The summed E-state index contributed by atoms with van der Waals surface area (Å²) >= 11 is 0. The number of carbonyl (C=O) groups excluding carboxylic acids is 2. The van der Waals surface area contributed by atoms with Crippen LogP contribution in [-0.2, 0) is 22.4 Å². The zero-order valence-electron chi connectivity index (χ0n) is 18.2. The van der Waals surface area contributed by atoms with Crippen molar-refractivity contribution in [2.45, 2.75) is 19.3 Å². The van der Waals surface area contributed by atoms with Crippen molar-refractivity contribution in [1.29, 1.82) is 0 Å². The number of methoxy groups -OCH3 is 1.